The Morgan fingerprint density at radius 3 is 2.57 bits per heavy atom. The van der Waals surface area contributed by atoms with Gasteiger partial charge in [0.1, 0.15) is 11.3 Å². The maximum atomic E-state index is 12.2. The zero-order chi connectivity index (χ0) is 14.4. The maximum Gasteiger partial charge on any atom is 0.232 e. The molecule has 102 valence electrons. The first-order valence-corrected chi connectivity index (χ1v) is 6.48. The predicted molar refractivity (Wildman–Crippen MR) is 77.3 cm³/mol. The number of carbonyl (C=O) groups excluding carboxylic acids is 1. The van der Waals surface area contributed by atoms with E-state index in [0.29, 0.717) is 22.3 Å². The van der Waals surface area contributed by atoms with Crippen LogP contribution in [0.3, 0.4) is 0 Å². The van der Waals surface area contributed by atoms with Crippen LogP contribution in [0.1, 0.15) is 16.1 Å². The summed E-state index contributed by atoms with van der Waals surface area (Å²) < 4.78 is 11.1. The number of allylic oxidation sites excluding steroid dienone is 1. The molecule has 0 spiro atoms. The topological polar surface area (TPSA) is 59.7 Å². The molecule has 4 heteroatoms. The number of furan rings is 1. The van der Waals surface area contributed by atoms with Crippen molar-refractivity contribution in [2.45, 2.75) is 0 Å². The Balaban J connectivity index is 1.82. The van der Waals surface area contributed by atoms with Crippen LogP contribution in [0, 0.1) is 0 Å². The van der Waals surface area contributed by atoms with E-state index in [-0.39, 0.29) is 23.1 Å². The zero-order valence-corrected chi connectivity index (χ0v) is 10.9. The van der Waals surface area contributed by atoms with Gasteiger partial charge in [-0.3, -0.25) is 4.79 Å². The lowest BCUT2D eigenvalue weighted by Gasteiger charge is -1.96. The molecule has 0 aliphatic carbocycles. The van der Waals surface area contributed by atoms with Gasteiger partial charge in [-0.15, -0.1) is 0 Å². The van der Waals surface area contributed by atoms with Crippen LogP contribution in [-0.4, -0.2) is 10.9 Å². The molecular weight excluding hydrogens is 268 g/mol. The summed E-state index contributed by atoms with van der Waals surface area (Å²) >= 11 is 0. The predicted octanol–water partition coefficient (Wildman–Crippen LogP) is 3.75. The molecule has 1 N–H and O–H groups in total. The van der Waals surface area contributed by atoms with Crippen molar-refractivity contribution in [1.82, 2.24) is 0 Å². The first kappa shape index (κ1) is 11.8. The van der Waals surface area contributed by atoms with E-state index in [9.17, 15) is 9.90 Å². The monoisotopic (exact) mass is 278 g/mol. The lowest BCUT2D eigenvalue weighted by molar-refractivity contribution is 0.101. The van der Waals surface area contributed by atoms with E-state index in [2.05, 4.69) is 0 Å². The Hall–Kier alpha value is -3.01. The average molecular weight is 278 g/mol. The van der Waals surface area contributed by atoms with Crippen LogP contribution >= 0.6 is 0 Å². The van der Waals surface area contributed by atoms with E-state index >= 15 is 0 Å². The van der Waals surface area contributed by atoms with Gasteiger partial charge in [0.05, 0.1) is 10.9 Å². The Labute approximate surface area is 119 Å². The van der Waals surface area contributed by atoms with E-state index in [4.69, 9.17) is 9.15 Å². The van der Waals surface area contributed by atoms with Crippen molar-refractivity contribution in [2.24, 2.45) is 0 Å². The summed E-state index contributed by atoms with van der Waals surface area (Å²) in [4.78, 5) is 12.2. The fraction of sp³-hybridized carbons (Fsp3) is 0. The molecule has 21 heavy (non-hydrogen) atoms. The molecule has 0 amide bonds. The van der Waals surface area contributed by atoms with E-state index in [0.717, 1.165) is 0 Å². The smallest absolute Gasteiger partial charge is 0.232 e. The second-order valence-corrected chi connectivity index (χ2v) is 4.75. The molecule has 4 nitrogen and oxygen atoms in total. The number of carbonyl (C=O) groups is 1. The largest absolute Gasteiger partial charge is 0.504 e. The van der Waals surface area contributed by atoms with E-state index in [1.54, 1.807) is 36.4 Å². The molecule has 4 rings (SSSR count). The maximum absolute atomic E-state index is 12.2. The van der Waals surface area contributed by atoms with Gasteiger partial charge in [-0.05, 0) is 24.3 Å². The molecule has 0 saturated carbocycles. The zero-order valence-electron chi connectivity index (χ0n) is 10.9. The Bertz CT molecular complexity index is 902. The highest BCUT2D eigenvalue weighted by molar-refractivity contribution is 6.14. The van der Waals surface area contributed by atoms with Crippen molar-refractivity contribution in [2.75, 3.05) is 0 Å². The van der Waals surface area contributed by atoms with Crippen LogP contribution in [0.25, 0.3) is 17.0 Å². The number of rotatable bonds is 1. The number of ketones is 1. The highest BCUT2D eigenvalue weighted by atomic mass is 16.5. The molecule has 1 aromatic heterocycles. The highest BCUT2D eigenvalue weighted by Gasteiger charge is 2.27. The van der Waals surface area contributed by atoms with Crippen LogP contribution in [0.2, 0.25) is 0 Å². The Morgan fingerprint density at radius 1 is 1.00 bits per heavy atom. The van der Waals surface area contributed by atoms with E-state index < -0.39 is 0 Å². The lowest BCUT2D eigenvalue weighted by Crippen LogP contribution is -1.97. The molecule has 2 heterocycles. The fourth-order valence-electron chi connectivity index (χ4n) is 2.40. The van der Waals surface area contributed by atoms with Gasteiger partial charge in [0.15, 0.2) is 17.3 Å². The number of hydrogen-bond donors (Lipinski definition) is 1. The number of ether oxygens (including phenoxy) is 1. The van der Waals surface area contributed by atoms with Crippen molar-refractivity contribution in [3.05, 3.63) is 65.6 Å². The number of hydrogen-bond acceptors (Lipinski definition) is 4. The number of fused-ring (bicyclic) bond motifs is 2. The minimum absolute atomic E-state index is 0.00505. The van der Waals surface area contributed by atoms with Crippen molar-refractivity contribution in [3.8, 4) is 11.5 Å². The molecule has 2 aromatic carbocycles. The molecule has 0 fully saturated rings. The SMILES string of the molecule is O=C1C(=Cc2oc3ccccc3c2O)Oc2ccccc21. The van der Waals surface area contributed by atoms with Crippen LogP contribution in [0.15, 0.2) is 58.7 Å². The quantitative estimate of drug-likeness (QED) is 0.688. The van der Waals surface area contributed by atoms with Gasteiger partial charge in [-0.2, -0.15) is 0 Å². The number of aromatic hydroxyl groups is 1. The molecule has 0 unspecified atom stereocenters. The van der Waals surface area contributed by atoms with Crippen molar-refractivity contribution in [1.29, 1.82) is 0 Å². The number of para-hydroxylation sites is 2. The van der Waals surface area contributed by atoms with Gasteiger partial charge in [0, 0.05) is 6.08 Å². The number of Topliss-reactive ketones (excluding diaryl/α,β-unsaturated/α-hetero) is 1. The first-order chi connectivity index (χ1) is 10.2. The van der Waals surface area contributed by atoms with Gasteiger partial charge < -0.3 is 14.3 Å². The summed E-state index contributed by atoms with van der Waals surface area (Å²) in [7, 11) is 0. The number of benzene rings is 2. The molecule has 0 saturated heterocycles. The van der Waals surface area contributed by atoms with Crippen LogP contribution < -0.4 is 4.74 Å². The lowest BCUT2D eigenvalue weighted by atomic mass is 10.1. The van der Waals surface area contributed by atoms with E-state index in [1.807, 2.05) is 12.1 Å². The summed E-state index contributed by atoms with van der Waals surface area (Å²) in [5.41, 5.74) is 1.07. The third-order valence-corrected chi connectivity index (χ3v) is 3.43. The third kappa shape index (κ3) is 1.73. The molecule has 0 bridgehead atoms. The van der Waals surface area contributed by atoms with Crippen LogP contribution in [0.4, 0.5) is 0 Å². The van der Waals surface area contributed by atoms with Crippen LogP contribution in [0.5, 0.6) is 11.5 Å². The average Bonchev–Trinajstić information content (AvgIpc) is 2.99. The Morgan fingerprint density at radius 2 is 1.76 bits per heavy atom. The Kier molecular flexibility index (Phi) is 2.38. The van der Waals surface area contributed by atoms with Gasteiger partial charge in [0.25, 0.3) is 0 Å². The summed E-state index contributed by atoms with van der Waals surface area (Å²) in [6.45, 7) is 0. The normalized spacial score (nSPS) is 15.4. The molecular formula is C17H10O4. The van der Waals surface area contributed by atoms with Gasteiger partial charge in [-0.25, -0.2) is 0 Å². The molecule has 0 radical (unpaired) electrons. The molecule has 3 aromatic rings. The minimum atomic E-state index is -0.217. The second kappa shape index (κ2) is 4.24. The molecule has 1 aliphatic rings. The molecule has 0 atom stereocenters. The highest BCUT2D eigenvalue weighted by Crippen LogP contribution is 2.36. The van der Waals surface area contributed by atoms with E-state index in [1.165, 1.54) is 6.08 Å². The third-order valence-electron chi connectivity index (χ3n) is 3.43. The first-order valence-electron chi connectivity index (χ1n) is 6.48. The van der Waals surface area contributed by atoms with Crippen molar-refractivity contribution < 1.29 is 19.1 Å². The summed E-state index contributed by atoms with van der Waals surface area (Å²) in [6.07, 6.45) is 1.43. The van der Waals surface area contributed by atoms with Gasteiger partial charge in [0.2, 0.25) is 5.78 Å². The summed E-state index contributed by atoms with van der Waals surface area (Å²) in [5, 5.41) is 10.8. The standard InChI is InChI=1S/C17H10O4/c18-16-10-5-1-3-7-12(10)20-14(16)9-15-17(19)11-6-2-4-8-13(11)21-15/h1-9,18H. The van der Waals surface area contributed by atoms with Crippen molar-refractivity contribution in [3.63, 3.8) is 0 Å². The minimum Gasteiger partial charge on any atom is -0.504 e. The second-order valence-electron chi connectivity index (χ2n) is 4.75. The van der Waals surface area contributed by atoms with Crippen LogP contribution in [-0.2, 0) is 0 Å². The summed E-state index contributed by atoms with van der Waals surface area (Å²) in [6, 6.07) is 14.1. The van der Waals surface area contributed by atoms with Gasteiger partial charge >= 0.3 is 0 Å². The summed E-state index contributed by atoms with van der Waals surface area (Å²) in [5.74, 6) is 0.665. The van der Waals surface area contributed by atoms with Crippen molar-refractivity contribution >= 4 is 22.8 Å². The van der Waals surface area contributed by atoms with Gasteiger partial charge in [-0.1, -0.05) is 24.3 Å². The molecule has 1 aliphatic heterocycles. The fourth-order valence-corrected chi connectivity index (χ4v) is 2.40.